The number of hydrogen-bond donors (Lipinski definition) is 1. The molecule has 0 aromatic heterocycles. The fraction of sp³-hybridized carbons (Fsp3) is 0.571. The van der Waals surface area contributed by atoms with Crippen molar-refractivity contribution in [3.8, 4) is 0 Å². The van der Waals surface area contributed by atoms with Crippen molar-refractivity contribution in [2.45, 2.75) is 37.7 Å². The van der Waals surface area contributed by atoms with E-state index < -0.39 is 0 Å². The van der Waals surface area contributed by atoms with E-state index in [-0.39, 0.29) is 5.60 Å². The van der Waals surface area contributed by atoms with Crippen LogP contribution in [0.15, 0.2) is 24.3 Å². The summed E-state index contributed by atoms with van der Waals surface area (Å²) in [5.41, 5.74) is 8.48. The standard InChI is InChI=1S/C14H21NO/c1-16-14(7-8-14)11-13-5-2-4-12(10-13)6-3-9-15/h2,4-5,10H,3,6-9,11,15H2,1H3. The third-order valence-electron chi connectivity index (χ3n) is 3.43. The molecule has 1 fully saturated rings. The Morgan fingerprint density at radius 1 is 1.31 bits per heavy atom. The molecule has 88 valence electrons. The first kappa shape index (κ1) is 11.6. The zero-order chi connectivity index (χ0) is 11.4. The molecule has 2 heteroatoms. The molecule has 0 amide bonds. The van der Waals surface area contributed by atoms with Gasteiger partial charge in [0.15, 0.2) is 0 Å². The molecule has 0 bridgehead atoms. The predicted molar refractivity (Wildman–Crippen MR) is 66.5 cm³/mol. The van der Waals surface area contributed by atoms with Crippen LogP contribution in [0.25, 0.3) is 0 Å². The first-order valence-electron chi connectivity index (χ1n) is 6.11. The van der Waals surface area contributed by atoms with Crippen molar-refractivity contribution < 1.29 is 4.74 Å². The largest absolute Gasteiger partial charge is 0.378 e. The minimum Gasteiger partial charge on any atom is -0.378 e. The molecule has 0 atom stereocenters. The van der Waals surface area contributed by atoms with Gasteiger partial charge in [-0.1, -0.05) is 24.3 Å². The zero-order valence-corrected chi connectivity index (χ0v) is 10.0. The molecule has 1 aromatic carbocycles. The minimum atomic E-state index is 0.159. The van der Waals surface area contributed by atoms with Gasteiger partial charge in [-0.2, -0.15) is 0 Å². The van der Waals surface area contributed by atoms with E-state index in [0.717, 1.165) is 25.8 Å². The van der Waals surface area contributed by atoms with Crippen molar-refractivity contribution in [1.82, 2.24) is 0 Å². The number of nitrogens with two attached hydrogens (primary N) is 1. The first-order valence-corrected chi connectivity index (χ1v) is 6.11. The summed E-state index contributed by atoms with van der Waals surface area (Å²) in [5.74, 6) is 0. The van der Waals surface area contributed by atoms with Crippen molar-refractivity contribution in [3.05, 3.63) is 35.4 Å². The SMILES string of the molecule is COC1(Cc2cccc(CCCN)c2)CC1. The van der Waals surface area contributed by atoms with Crippen molar-refractivity contribution in [1.29, 1.82) is 0 Å². The molecule has 2 N–H and O–H groups in total. The van der Waals surface area contributed by atoms with Crippen molar-refractivity contribution in [2.75, 3.05) is 13.7 Å². The summed E-state index contributed by atoms with van der Waals surface area (Å²) in [6.07, 6.45) is 5.62. The van der Waals surface area contributed by atoms with Gasteiger partial charge in [-0.25, -0.2) is 0 Å². The highest BCUT2D eigenvalue weighted by molar-refractivity contribution is 5.26. The van der Waals surface area contributed by atoms with E-state index in [1.165, 1.54) is 24.0 Å². The maximum Gasteiger partial charge on any atom is 0.0721 e. The number of rotatable bonds is 6. The number of benzene rings is 1. The zero-order valence-electron chi connectivity index (χ0n) is 10.0. The van der Waals surface area contributed by atoms with Crippen LogP contribution >= 0.6 is 0 Å². The Balaban J connectivity index is 1.99. The fourth-order valence-electron chi connectivity index (χ4n) is 2.17. The van der Waals surface area contributed by atoms with E-state index >= 15 is 0 Å². The molecule has 1 aliphatic carbocycles. The van der Waals surface area contributed by atoms with E-state index in [4.69, 9.17) is 10.5 Å². The van der Waals surface area contributed by atoms with Crippen molar-refractivity contribution >= 4 is 0 Å². The van der Waals surface area contributed by atoms with E-state index in [1.807, 2.05) is 7.11 Å². The van der Waals surface area contributed by atoms with Crippen LogP contribution in [0, 0.1) is 0 Å². The van der Waals surface area contributed by atoms with Crippen LogP contribution in [0.1, 0.15) is 30.4 Å². The molecule has 1 aliphatic rings. The van der Waals surface area contributed by atoms with E-state index in [1.54, 1.807) is 0 Å². The number of hydrogen-bond acceptors (Lipinski definition) is 2. The topological polar surface area (TPSA) is 35.2 Å². The Hall–Kier alpha value is -0.860. The van der Waals surface area contributed by atoms with Crippen LogP contribution in [-0.2, 0) is 17.6 Å². The summed E-state index contributed by atoms with van der Waals surface area (Å²) in [6, 6.07) is 8.83. The molecule has 0 unspecified atom stereocenters. The van der Waals surface area contributed by atoms with Crippen molar-refractivity contribution in [2.24, 2.45) is 5.73 Å². The smallest absolute Gasteiger partial charge is 0.0721 e. The Morgan fingerprint density at radius 2 is 2.06 bits per heavy atom. The van der Waals surface area contributed by atoms with Crippen LogP contribution < -0.4 is 5.73 Å². The first-order chi connectivity index (χ1) is 7.78. The third kappa shape index (κ3) is 2.83. The second kappa shape index (κ2) is 4.98. The summed E-state index contributed by atoms with van der Waals surface area (Å²) in [7, 11) is 1.82. The molecule has 0 saturated heterocycles. The molecule has 1 saturated carbocycles. The lowest BCUT2D eigenvalue weighted by Gasteiger charge is -2.13. The van der Waals surface area contributed by atoms with Crippen LogP contribution in [0.5, 0.6) is 0 Å². The summed E-state index contributed by atoms with van der Waals surface area (Å²) >= 11 is 0. The molecule has 0 radical (unpaired) electrons. The second-order valence-electron chi connectivity index (χ2n) is 4.78. The Bertz CT molecular complexity index is 344. The van der Waals surface area contributed by atoms with Gasteiger partial charge < -0.3 is 10.5 Å². The molecular weight excluding hydrogens is 198 g/mol. The average Bonchev–Trinajstić information content (AvgIpc) is 3.07. The van der Waals surface area contributed by atoms with Gasteiger partial charge >= 0.3 is 0 Å². The molecule has 0 spiro atoms. The van der Waals surface area contributed by atoms with Gasteiger partial charge in [0, 0.05) is 13.5 Å². The van der Waals surface area contributed by atoms with Gasteiger partial charge in [-0.15, -0.1) is 0 Å². The van der Waals surface area contributed by atoms with Crippen molar-refractivity contribution in [3.63, 3.8) is 0 Å². The number of aryl methyl sites for hydroxylation is 1. The van der Waals surface area contributed by atoms with E-state index in [9.17, 15) is 0 Å². The normalized spacial score (nSPS) is 17.4. The lowest BCUT2D eigenvalue weighted by Crippen LogP contribution is -2.15. The molecule has 0 aliphatic heterocycles. The Kier molecular flexibility index (Phi) is 3.62. The molecule has 16 heavy (non-hydrogen) atoms. The van der Waals surface area contributed by atoms with Crippen LogP contribution in [-0.4, -0.2) is 19.3 Å². The highest BCUT2D eigenvalue weighted by Gasteiger charge is 2.42. The highest BCUT2D eigenvalue weighted by atomic mass is 16.5. The monoisotopic (exact) mass is 219 g/mol. The minimum absolute atomic E-state index is 0.159. The van der Waals surface area contributed by atoms with Crippen LogP contribution in [0.4, 0.5) is 0 Å². The lowest BCUT2D eigenvalue weighted by atomic mass is 10.0. The third-order valence-corrected chi connectivity index (χ3v) is 3.43. The van der Waals surface area contributed by atoms with Gasteiger partial charge in [0.2, 0.25) is 0 Å². The molecular formula is C14H21NO. The fourth-order valence-corrected chi connectivity index (χ4v) is 2.17. The average molecular weight is 219 g/mol. The second-order valence-corrected chi connectivity index (χ2v) is 4.78. The van der Waals surface area contributed by atoms with Crippen LogP contribution in [0.2, 0.25) is 0 Å². The molecule has 2 nitrogen and oxygen atoms in total. The highest BCUT2D eigenvalue weighted by Crippen LogP contribution is 2.41. The lowest BCUT2D eigenvalue weighted by molar-refractivity contribution is 0.0807. The molecule has 0 heterocycles. The number of methoxy groups -OCH3 is 1. The summed E-state index contributed by atoms with van der Waals surface area (Å²) in [4.78, 5) is 0. The Labute approximate surface area is 97.8 Å². The predicted octanol–water partition coefficient (Wildman–Crippen LogP) is 2.30. The summed E-state index contributed by atoms with van der Waals surface area (Å²) in [5, 5.41) is 0. The van der Waals surface area contributed by atoms with Gasteiger partial charge in [0.1, 0.15) is 0 Å². The van der Waals surface area contributed by atoms with Gasteiger partial charge in [-0.3, -0.25) is 0 Å². The Morgan fingerprint density at radius 3 is 2.69 bits per heavy atom. The summed E-state index contributed by atoms with van der Waals surface area (Å²) < 4.78 is 5.55. The quantitative estimate of drug-likeness (QED) is 0.796. The summed E-state index contributed by atoms with van der Waals surface area (Å²) in [6.45, 7) is 0.770. The van der Waals surface area contributed by atoms with Crippen LogP contribution in [0.3, 0.4) is 0 Å². The van der Waals surface area contributed by atoms with Gasteiger partial charge in [-0.05, 0) is 43.4 Å². The maximum atomic E-state index is 5.55. The van der Waals surface area contributed by atoms with E-state index in [2.05, 4.69) is 24.3 Å². The maximum absolute atomic E-state index is 5.55. The van der Waals surface area contributed by atoms with E-state index in [0.29, 0.717) is 0 Å². The van der Waals surface area contributed by atoms with Gasteiger partial charge in [0.25, 0.3) is 0 Å². The number of ether oxygens (including phenoxy) is 1. The molecule has 1 aromatic rings. The van der Waals surface area contributed by atoms with Gasteiger partial charge in [0.05, 0.1) is 5.60 Å². The molecule has 2 rings (SSSR count).